The van der Waals surface area contributed by atoms with Crippen molar-refractivity contribution < 1.29 is 9.90 Å². The Bertz CT molecular complexity index is 567. The number of nitrogens with zero attached hydrogens (tertiary/aromatic N) is 2. The van der Waals surface area contributed by atoms with Crippen LogP contribution in [-0.4, -0.2) is 22.3 Å². The molecule has 0 radical (unpaired) electrons. The molecule has 2 N–H and O–H groups in total. The molecule has 1 aromatic carbocycles. The van der Waals surface area contributed by atoms with Gasteiger partial charge in [-0.25, -0.2) is 9.78 Å². The van der Waals surface area contributed by atoms with Crippen LogP contribution < -0.4 is 5.43 Å². The summed E-state index contributed by atoms with van der Waals surface area (Å²) in [7, 11) is 0. The monoisotopic (exact) mass is 241 g/mol. The molecule has 0 aliphatic carbocycles. The van der Waals surface area contributed by atoms with Gasteiger partial charge < -0.3 is 5.11 Å². The van der Waals surface area contributed by atoms with Crippen LogP contribution in [0.4, 0.5) is 5.82 Å². The fourth-order valence-corrected chi connectivity index (χ4v) is 1.40. The lowest BCUT2D eigenvalue weighted by Gasteiger charge is -2.00. The summed E-state index contributed by atoms with van der Waals surface area (Å²) >= 11 is 0. The van der Waals surface area contributed by atoms with E-state index in [4.69, 9.17) is 5.11 Å². The third-order valence-electron chi connectivity index (χ3n) is 2.24. The maximum atomic E-state index is 11.0. The number of hydrogen-bond donors (Lipinski definition) is 2. The molecule has 90 valence electrons. The SMILES string of the molecule is O=C(O)c1ccccc1C=NNc1ccccn1. The van der Waals surface area contributed by atoms with Crippen LogP contribution in [0.25, 0.3) is 0 Å². The number of pyridine rings is 1. The van der Waals surface area contributed by atoms with Gasteiger partial charge in [-0.3, -0.25) is 5.43 Å². The van der Waals surface area contributed by atoms with Crippen LogP contribution in [0, 0.1) is 0 Å². The molecular formula is C13H11N3O2. The van der Waals surface area contributed by atoms with Gasteiger partial charge in [-0.2, -0.15) is 5.10 Å². The molecule has 2 rings (SSSR count). The average Bonchev–Trinajstić information content (AvgIpc) is 2.40. The molecule has 0 atom stereocenters. The van der Waals surface area contributed by atoms with Crippen LogP contribution in [-0.2, 0) is 0 Å². The van der Waals surface area contributed by atoms with E-state index in [0.717, 1.165) is 0 Å². The first-order chi connectivity index (χ1) is 8.77. The topological polar surface area (TPSA) is 74.6 Å². The molecule has 1 aromatic heterocycles. The van der Waals surface area contributed by atoms with Gasteiger partial charge in [0.1, 0.15) is 5.82 Å². The third-order valence-corrected chi connectivity index (χ3v) is 2.24. The summed E-state index contributed by atoms with van der Waals surface area (Å²) in [6.07, 6.45) is 3.10. The molecule has 5 heteroatoms. The van der Waals surface area contributed by atoms with Gasteiger partial charge >= 0.3 is 5.97 Å². The first-order valence-electron chi connectivity index (χ1n) is 5.30. The van der Waals surface area contributed by atoms with Crippen LogP contribution in [0.5, 0.6) is 0 Å². The summed E-state index contributed by atoms with van der Waals surface area (Å²) in [5.74, 6) is -0.378. The molecule has 0 fully saturated rings. The zero-order valence-corrected chi connectivity index (χ0v) is 9.45. The summed E-state index contributed by atoms with van der Waals surface area (Å²) in [5, 5.41) is 12.9. The maximum absolute atomic E-state index is 11.0. The highest BCUT2D eigenvalue weighted by atomic mass is 16.4. The molecule has 0 bridgehead atoms. The van der Waals surface area contributed by atoms with Crippen molar-refractivity contribution in [3.05, 3.63) is 59.8 Å². The van der Waals surface area contributed by atoms with Crippen LogP contribution in [0.15, 0.2) is 53.8 Å². The van der Waals surface area contributed by atoms with Gasteiger partial charge in [0.2, 0.25) is 0 Å². The highest BCUT2D eigenvalue weighted by Gasteiger charge is 2.06. The van der Waals surface area contributed by atoms with E-state index >= 15 is 0 Å². The van der Waals surface area contributed by atoms with E-state index in [2.05, 4.69) is 15.5 Å². The smallest absolute Gasteiger partial charge is 0.336 e. The van der Waals surface area contributed by atoms with E-state index in [1.165, 1.54) is 12.3 Å². The van der Waals surface area contributed by atoms with Crippen molar-refractivity contribution in [2.24, 2.45) is 5.10 Å². The predicted octanol–water partition coefficient (Wildman–Crippen LogP) is 2.23. The quantitative estimate of drug-likeness (QED) is 0.635. The number of rotatable bonds is 4. The Kier molecular flexibility index (Phi) is 3.66. The number of hydrogen-bond acceptors (Lipinski definition) is 4. The van der Waals surface area contributed by atoms with Gasteiger partial charge in [0, 0.05) is 11.8 Å². The molecule has 2 aromatic rings. The lowest BCUT2D eigenvalue weighted by Crippen LogP contribution is -2.02. The van der Waals surface area contributed by atoms with E-state index in [0.29, 0.717) is 11.4 Å². The molecule has 0 aliphatic rings. The Labute approximate surface area is 104 Å². The molecular weight excluding hydrogens is 230 g/mol. The summed E-state index contributed by atoms with van der Waals surface area (Å²) in [6, 6.07) is 12.0. The highest BCUT2D eigenvalue weighted by Crippen LogP contribution is 2.06. The highest BCUT2D eigenvalue weighted by molar-refractivity contribution is 5.98. The Morgan fingerprint density at radius 2 is 2.00 bits per heavy atom. The van der Waals surface area contributed by atoms with Gasteiger partial charge in [-0.1, -0.05) is 24.3 Å². The van der Waals surface area contributed by atoms with Gasteiger partial charge in [-0.05, 0) is 18.2 Å². The summed E-state index contributed by atoms with van der Waals surface area (Å²) in [4.78, 5) is 15.0. The molecule has 0 saturated heterocycles. The number of carbonyl (C=O) groups is 1. The second-order valence-corrected chi connectivity index (χ2v) is 3.48. The number of carboxylic acids is 1. The Morgan fingerprint density at radius 3 is 2.72 bits per heavy atom. The minimum Gasteiger partial charge on any atom is -0.478 e. The van der Waals surface area contributed by atoms with Crippen LogP contribution in [0.3, 0.4) is 0 Å². The lowest BCUT2D eigenvalue weighted by molar-refractivity contribution is 0.0697. The minimum atomic E-state index is -0.977. The number of aromatic nitrogens is 1. The van der Waals surface area contributed by atoms with Gasteiger partial charge in [0.25, 0.3) is 0 Å². The molecule has 1 heterocycles. The number of aromatic carboxylic acids is 1. The van der Waals surface area contributed by atoms with Crippen molar-refractivity contribution in [2.75, 3.05) is 5.43 Å². The van der Waals surface area contributed by atoms with E-state index in [1.54, 1.807) is 36.5 Å². The average molecular weight is 241 g/mol. The van der Waals surface area contributed by atoms with E-state index in [1.807, 2.05) is 6.07 Å². The van der Waals surface area contributed by atoms with Crippen LogP contribution in [0.1, 0.15) is 15.9 Å². The minimum absolute atomic E-state index is 0.212. The van der Waals surface area contributed by atoms with Gasteiger partial charge in [0.05, 0.1) is 11.8 Å². The molecule has 5 nitrogen and oxygen atoms in total. The largest absolute Gasteiger partial charge is 0.478 e. The van der Waals surface area contributed by atoms with Crippen molar-refractivity contribution in [1.29, 1.82) is 0 Å². The Morgan fingerprint density at radius 1 is 1.22 bits per heavy atom. The molecule has 18 heavy (non-hydrogen) atoms. The molecule has 0 amide bonds. The Hall–Kier alpha value is -2.69. The first kappa shape index (κ1) is 11.8. The van der Waals surface area contributed by atoms with Crippen LogP contribution in [0.2, 0.25) is 0 Å². The zero-order chi connectivity index (χ0) is 12.8. The van der Waals surface area contributed by atoms with Crippen molar-refractivity contribution in [3.63, 3.8) is 0 Å². The van der Waals surface area contributed by atoms with Gasteiger partial charge in [0.15, 0.2) is 0 Å². The van der Waals surface area contributed by atoms with E-state index in [-0.39, 0.29) is 5.56 Å². The van der Waals surface area contributed by atoms with Crippen molar-refractivity contribution in [1.82, 2.24) is 4.98 Å². The second kappa shape index (κ2) is 5.58. The summed E-state index contributed by atoms with van der Waals surface area (Å²) < 4.78 is 0. The van der Waals surface area contributed by atoms with Crippen molar-refractivity contribution in [3.8, 4) is 0 Å². The van der Waals surface area contributed by atoms with Crippen LogP contribution >= 0.6 is 0 Å². The second-order valence-electron chi connectivity index (χ2n) is 3.48. The fourth-order valence-electron chi connectivity index (χ4n) is 1.40. The number of benzene rings is 1. The number of anilines is 1. The predicted molar refractivity (Wildman–Crippen MR) is 68.9 cm³/mol. The van der Waals surface area contributed by atoms with E-state index < -0.39 is 5.97 Å². The first-order valence-corrected chi connectivity index (χ1v) is 5.30. The maximum Gasteiger partial charge on any atom is 0.336 e. The Balaban J connectivity index is 2.12. The van der Waals surface area contributed by atoms with Crippen molar-refractivity contribution >= 4 is 18.0 Å². The summed E-state index contributed by atoms with van der Waals surface area (Å²) in [6.45, 7) is 0. The number of carboxylic acid groups (broad SMARTS) is 1. The summed E-state index contributed by atoms with van der Waals surface area (Å²) in [5.41, 5.74) is 3.47. The standard InChI is InChI=1S/C13H11N3O2/c17-13(18)11-6-2-1-5-10(11)9-15-16-12-7-3-4-8-14-12/h1-9H,(H,14,16)(H,17,18). The normalized spacial score (nSPS) is 10.4. The third kappa shape index (κ3) is 2.91. The van der Waals surface area contributed by atoms with E-state index in [9.17, 15) is 4.79 Å². The number of nitrogens with one attached hydrogen (secondary N) is 1. The molecule has 0 saturated carbocycles. The number of hydrazone groups is 1. The lowest BCUT2D eigenvalue weighted by atomic mass is 10.1. The molecule has 0 spiro atoms. The van der Waals surface area contributed by atoms with Crippen molar-refractivity contribution in [2.45, 2.75) is 0 Å². The molecule has 0 unspecified atom stereocenters. The molecule has 0 aliphatic heterocycles. The van der Waals surface area contributed by atoms with Gasteiger partial charge in [-0.15, -0.1) is 0 Å². The fraction of sp³-hybridized carbons (Fsp3) is 0. The zero-order valence-electron chi connectivity index (χ0n) is 9.45.